The zero-order valence-corrected chi connectivity index (χ0v) is 9.09. The van der Waals surface area contributed by atoms with Crippen molar-refractivity contribution in [3.05, 3.63) is 35.4 Å². The summed E-state index contributed by atoms with van der Waals surface area (Å²) in [6.07, 6.45) is 3.85. The van der Waals surface area contributed by atoms with E-state index in [4.69, 9.17) is 0 Å². The lowest BCUT2D eigenvalue weighted by Gasteiger charge is -2.13. The van der Waals surface area contributed by atoms with Crippen LogP contribution >= 0.6 is 0 Å². The van der Waals surface area contributed by atoms with E-state index >= 15 is 0 Å². The van der Waals surface area contributed by atoms with Crippen molar-refractivity contribution >= 4 is 0 Å². The van der Waals surface area contributed by atoms with Crippen LogP contribution in [-0.4, -0.2) is 6.04 Å². The van der Waals surface area contributed by atoms with Gasteiger partial charge in [-0.1, -0.05) is 31.2 Å². The van der Waals surface area contributed by atoms with Crippen LogP contribution in [0.3, 0.4) is 0 Å². The first-order valence-electron chi connectivity index (χ1n) is 5.64. The van der Waals surface area contributed by atoms with E-state index in [-0.39, 0.29) is 0 Å². The summed E-state index contributed by atoms with van der Waals surface area (Å²) in [4.78, 5) is 0. The third-order valence-electron chi connectivity index (χ3n) is 2.95. The van der Waals surface area contributed by atoms with Crippen LogP contribution < -0.4 is 5.32 Å². The van der Waals surface area contributed by atoms with Crippen molar-refractivity contribution in [3.8, 4) is 0 Å². The molecule has 1 N–H and O–H groups in total. The highest BCUT2D eigenvalue weighted by molar-refractivity contribution is 5.24. The van der Waals surface area contributed by atoms with Crippen molar-refractivity contribution in [2.24, 2.45) is 0 Å². The fourth-order valence-corrected chi connectivity index (χ4v) is 1.74. The first kappa shape index (κ1) is 9.72. The van der Waals surface area contributed by atoms with Crippen LogP contribution in [0.2, 0.25) is 0 Å². The fraction of sp³-hybridized carbons (Fsp3) is 0.538. The molecule has 0 unspecified atom stereocenters. The summed E-state index contributed by atoms with van der Waals surface area (Å²) in [5, 5.41) is 3.61. The van der Waals surface area contributed by atoms with E-state index in [1.165, 1.54) is 24.0 Å². The molecular formula is C13H19N. The molecule has 0 amide bonds. The quantitative estimate of drug-likeness (QED) is 0.767. The Morgan fingerprint density at radius 1 is 1.29 bits per heavy atom. The van der Waals surface area contributed by atoms with E-state index in [1.807, 2.05) is 0 Å². The van der Waals surface area contributed by atoms with Gasteiger partial charge in [-0.25, -0.2) is 0 Å². The highest BCUT2D eigenvalue weighted by atomic mass is 15.0. The molecule has 1 aromatic carbocycles. The Bertz CT molecular complexity index is 285. The maximum atomic E-state index is 3.61. The summed E-state index contributed by atoms with van der Waals surface area (Å²) in [6.45, 7) is 4.44. The van der Waals surface area contributed by atoms with E-state index in [9.17, 15) is 0 Å². The summed E-state index contributed by atoms with van der Waals surface area (Å²) in [5.74, 6) is 0. The lowest BCUT2D eigenvalue weighted by molar-refractivity contribution is 0.571. The minimum atomic E-state index is 0.508. The Kier molecular flexibility index (Phi) is 2.87. The molecule has 0 saturated heterocycles. The summed E-state index contributed by atoms with van der Waals surface area (Å²) in [6, 6.07) is 10.3. The number of hydrogen-bond donors (Lipinski definition) is 1. The average molecular weight is 189 g/mol. The van der Waals surface area contributed by atoms with Crippen LogP contribution in [0.1, 0.15) is 43.9 Å². The monoisotopic (exact) mass is 189 g/mol. The van der Waals surface area contributed by atoms with Crippen molar-refractivity contribution in [3.63, 3.8) is 0 Å². The molecule has 1 nitrogen and oxygen atoms in total. The third kappa shape index (κ3) is 2.36. The molecule has 2 rings (SSSR count). The fourth-order valence-electron chi connectivity index (χ4n) is 1.74. The first-order chi connectivity index (χ1) is 6.79. The van der Waals surface area contributed by atoms with Gasteiger partial charge >= 0.3 is 0 Å². The summed E-state index contributed by atoms with van der Waals surface area (Å²) in [5.41, 5.74) is 2.83. The van der Waals surface area contributed by atoms with Crippen molar-refractivity contribution in [1.29, 1.82) is 0 Å². The van der Waals surface area contributed by atoms with Gasteiger partial charge in [-0.3, -0.25) is 0 Å². The van der Waals surface area contributed by atoms with Gasteiger partial charge < -0.3 is 5.32 Å². The van der Waals surface area contributed by atoms with Crippen LogP contribution in [-0.2, 0) is 6.42 Å². The molecule has 0 bridgehead atoms. The van der Waals surface area contributed by atoms with Crippen molar-refractivity contribution < 1.29 is 0 Å². The van der Waals surface area contributed by atoms with E-state index in [2.05, 4.69) is 43.4 Å². The summed E-state index contributed by atoms with van der Waals surface area (Å²) < 4.78 is 0. The Morgan fingerprint density at radius 2 is 1.93 bits per heavy atom. The van der Waals surface area contributed by atoms with Gasteiger partial charge in [0.2, 0.25) is 0 Å². The number of benzene rings is 1. The molecule has 14 heavy (non-hydrogen) atoms. The van der Waals surface area contributed by atoms with Crippen LogP contribution in [0.15, 0.2) is 24.3 Å². The van der Waals surface area contributed by atoms with Crippen molar-refractivity contribution in [2.75, 3.05) is 0 Å². The second kappa shape index (κ2) is 4.14. The molecule has 0 heterocycles. The molecule has 1 fully saturated rings. The smallest absolute Gasteiger partial charge is 0.0294 e. The zero-order chi connectivity index (χ0) is 9.97. The van der Waals surface area contributed by atoms with Crippen LogP contribution in [0, 0.1) is 0 Å². The second-order valence-electron chi connectivity index (χ2n) is 4.26. The highest BCUT2D eigenvalue weighted by Crippen LogP contribution is 2.24. The molecule has 1 aliphatic carbocycles. The predicted octanol–water partition coefficient (Wildman–Crippen LogP) is 3.06. The standard InChI is InChI=1S/C13H19N/c1-3-11-4-6-12(7-5-11)10(2)14-13-8-9-13/h4-7,10,13-14H,3,8-9H2,1-2H3/t10-/m1/s1. The minimum absolute atomic E-state index is 0.508. The van der Waals surface area contributed by atoms with E-state index in [1.54, 1.807) is 0 Å². The highest BCUT2D eigenvalue weighted by Gasteiger charge is 2.22. The Morgan fingerprint density at radius 3 is 2.43 bits per heavy atom. The SMILES string of the molecule is CCc1ccc([C@@H](C)NC2CC2)cc1. The number of rotatable bonds is 4. The van der Waals surface area contributed by atoms with Gasteiger partial charge in [-0.05, 0) is 37.3 Å². The normalized spacial score (nSPS) is 18.1. The molecule has 1 aromatic rings. The Labute approximate surface area is 86.5 Å². The minimum Gasteiger partial charge on any atom is -0.307 e. The van der Waals surface area contributed by atoms with E-state index in [0.29, 0.717) is 6.04 Å². The van der Waals surface area contributed by atoms with Crippen molar-refractivity contribution in [1.82, 2.24) is 5.32 Å². The molecule has 0 aromatic heterocycles. The maximum absolute atomic E-state index is 3.61. The van der Waals surface area contributed by atoms with Gasteiger partial charge in [-0.2, -0.15) is 0 Å². The van der Waals surface area contributed by atoms with Gasteiger partial charge in [0.1, 0.15) is 0 Å². The lowest BCUT2D eigenvalue weighted by Crippen LogP contribution is -2.20. The number of aryl methyl sites for hydroxylation is 1. The van der Waals surface area contributed by atoms with Crippen LogP contribution in [0.5, 0.6) is 0 Å². The topological polar surface area (TPSA) is 12.0 Å². The zero-order valence-electron chi connectivity index (χ0n) is 9.09. The van der Waals surface area contributed by atoms with Crippen LogP contribution in [0.25, 0.3) is 0 Å². The van der Waals surface area contributed by atoms with E-state index in [0.717, 1.165) is 12.5 Å². The molecule has 1 atom stereocenters. The van der Waals surface area contributed by atoms with Gasteiger partial charge in [-0.15, -0.1) is 0 Å². The van der Waals surface area contributed by atoms with Gasteiger partial charge in [0.05, 0.1) is 0 Å². The van der Waals surface area contributed by atoms with Gasteiger partial charge in [0.15, 0.2) is 0 Å². The largest absolute Gasteiger partial charge is 0.307 e. The molecular weight excluding hydrogens is 170 g/mol. The predicted molar refractivity (Wildman–Crippen MR) is 60.4 cm³/mol. The average Bonchev–Trinajstić information content (AvgIpc) is 3.02. The third-order valence-corrected chi connectivity index (χ3v) is 2.95. The summed E-state index contributed by atoms with van der Waals surface area (Å²) >= 11 is 0. The lowest BCUT2D eigenvalue weighted by atomic mass is 10.1. The molecule has 0 aliphatic heterocycles. The Hall–Kier alpha value is -0.820. The van der Waals surface area contributed by atoms with Crippen molar-refractivity contribution in [2.45, 2.75) is 45.2 Å². The number of hydrogen-bond acceptors (Lipinski definition) is 1. The maximum Gasteiger partial charge on any atom is 0.0294 e. The van der Waals surface area contributed by atoms with Crippen LogP contribution in [0.4, 0.5) is 0 Å². The molecule has 0 radical (unpaired) electrons. The van der Waals surface area contributed by atoms with Gasteiger partial charge in [0, 0.05) is 12.1 Å². The molecule has 76 valence electrons. The number of nitrogens with one attached hydrogen (secondary N) is 1. The molecule has 1 saturated carbocycles. The molecule has 1 aliphatic rings. The first-order valence-corrected chi connectivity index (χ1v) is 5.64. The Balaban J connectivity index is 1.99. The molecule has 1 heteroatoms. The van der Waals surface area contributed by atoms with Gasteiger partial charge in [0.25, 0.3) is 0 Å². The molecule has 0 spiro atoms. The second-order valence-corrected chi connectivity index (χ2v) is 4.26. The summed E-state index contributed by atoms with van der Waals surface area (Å²) in [7, 11) is 0. The van der Waals surface area contributed by atoms with E-state index < -0.39 is 0 Å².